The van der Waals surface area contributed by atoms with E-state index in [1.54, 1.807) is 25.1 Å². The van der Waals surface area contributed by atoms with Crippen LogP contribution in [0.4, 0.5) is 5.69 Å². The highest BCUT2D eigenvalue weighted by Gasteiger charge is 2.14. The number of nitrogens with one attached hydrogen (secondary N) is 1. The molecule has 144 valence electrons. The molecule has 2 aromatic rings. The minimum atomic E-state index is -3.35. The van der Waals surface area contributed by atoms with Crippen LogP contribution in [-0.4, -0.2) is 38.3 Å². The van der Waals surface area contributed by atoms with Gasteiger partial charge < -0.3 is 15.2 Å². The fourth-order valence-electron chi connectivity index (χ4n) is 2.54. The number of methoxy groups -OCH3 is 1. The van der Waals surface area contributed by atoms with E-state index in [1.165, 1.54) is 31.4 Å². The lowest BCUT2D eigenvalue weighted by Gasteiger charge is -2.10. The second kappa shape index (κ2) is 8.79. The van der Waals surface area contributed by atoms with E-state index < -0.39 is 15.8 Å². The molecule has 0 spiro atoms. The van der Waals surface area contributed by atoms with Gasteiger partial charge in [-0.25, -0.2) is 13.2 Å². The predicted octanol–water partition coefficient (Wildman–Crippen LogP) is 2.51. The summed E-state index contributed by atoms with van der Waals surface area (Å²) in [5, 5.41) is 11.8. The smallest absolute Gasteiger partial charge is 0.335 e. The molecule has 2 aromatic carbocycles. The van der Waals surface area contributed by atoms with Crippen molar-refractivity contribution in [1.29, 1.82) is 0 Å². The number of sulfone groups is 1. The zero-order valence-electron chi connectivity index (χ0n) is 15.1. The average molecular weight is 391 g/mol. The molecule has 8 heteroatoms. The van der Waals surface area contributed by atoms with Gasteiger partial charge in [0.05, 0.1) is 29.2 Å². The van der Waals surface area contributed by atoms with Gasteiger partial charge in [-0.15, -0.1) is 0 Å². The SMILES string of the molecule is CCS(=O)(=O)c1cccc(CC(=O)Nc2cc(COC)cc(C(=O)O)c2)c1. The molecule has 1 amide bonds. The topological polar surface area (TPSA) is 110 Å². The Morgan fingerprint density at radius 1 is 1.11 bits per heavy atom. The Morgan fingerprint density at radius 2 is 1.85 bits per heavy atom. The van der Waals surface area contributed by atoms with E-state index in [0.29, 0.717) is 16.8 Å². The molecule has 7 nitrogen and oxygen atoms in total. The number of benzene rings is 2. The second-order valence-electron chi connectivity index (χ2n) is 5.93. The van der Waals surface area contributed by atoms with E-state index in [0.717, 1.165) is 0 Å². The molecule has 0 saturated heterocycles. The Labute approximate surface area is 157 Å². The summed E-state index contributed by atoms with van der Waals surface area (Å²) in [4.78, 5) is 23.7. The number of carbonyl (C=O) groups is 2. The largest absolute Gasteiger partial charge is 0.478 e. The number of aromatic carboxylic acids is 1. The molecule has 27 heavy (non-hydrogen) atoms. The molecule has 0 bridgehead atoms. The number of hydrogen-bond donors (Lipinski definition) is 2. The van der Waals surface area contributed by atoms with Crippen molar-refractivity contribution in [3.05, 3.63) is 59.2 Å². The second-order valence-corrected chi connectivity index (χ2v) is 8.21. The van der Waals surface area contributed by atoms with Gasteiger partial charge in [-0.2, -0.15) is 0 Å². The third kappa shape index (κ3) is 5.63. The molecule has 0 unspecified atom stereocenters. The quantitative estimate of drug-likeness (QED) is 0.715. The Hall–Kier alpha value is -2.71. The van der Waals surface area contributed by atoms with Crippen LogP contribution in [0.1, 0.15) is 28.4 Å². The summed E-state index contributed by atoms with van der Waals surface area (Å²) >= 11 is 0. The maximum Gasteiger partial charge on any atom is 0.335 e. The molecule has 2 rings (SSSR count). The van der Waals surface area contributed by atoms with E-state index in [1.807, 2.05) is 0 Å². The average Bonchev–Trinajstić information content (AvgIpc) is 2.61. The maximum absolute atomic E-state index is 12.3. The summed E-state index contributed by atoms with van der Waals surface area (Å²) in [6.07, 6.45) is -0.0377. The van der Waals surface area contributed by atoms with Gasteiger partial charge in [-0.1, -0.05) is 19.1 Å². The van der Waals surface area contributed by atoms with Crippen molar-refractivity contribution in [2.75, 3.05) is 18.2 Å². The van der Waals surface area contributed by atoms with Crippen LogP contribution in [-0.2, 0) is 32.4 Å². The fraction of sp³-hybridized carbons (Fsp3) is 0.263. The van der Waals surface area contributed by atoms with Crippen LogP contribution in [0.5, 0.6) is 0 Å². The zero-order valence-corrected chi connectivity index (χ0v) is 15.9. The predicted molar refractivity (Wildman–Crippen MR) is 101 cm³/mol. The minimum Gasteiger partial charge on any atom is -0.478 e. The number of rotatable bonds is 8. The number of carboxylic acids is 1. The van der Waals surface area contributed by atoms with Crippen LogP contribution in [0, 0.1) is 0 Å². The van der Waals surface area contributed by atoms with Gasteiger partial charge in [0.25, 0.3) is 0 Å². The summed E-state index contributed by atoms with van der Waals surface area (Å²) in [7, 11) is -1.86. The lowest BCUT2D eigenvalue weighted by molar-refractivity contribution is -0.115. The summed E-state index contributed by atoms with van der Waals surface area (Å²) in [6, 6.07) is 10.7. The summed E-state index contributed by atoms with van der Waals surface area (Å²) in [5.74, 6) is -1.51. The van der Waals surface area contributed by atoms with Gasteiger partial charge in [0.2, 0.25) is 5.91 Å². The van der Waals surface area contributed by atoms with Crippen molar-refractivity contribution >= 4 is 27.4 Å². The standard InChI is InChI=1S/C19H21NO6S/c1-3-27(24,25)17-6-4-5-13(9-17)10-18(21)20-16-8-14(12-26-2)7-15(11-16)19(22)23/h4-9,11H,3,10,12H2,1-2H3,(H,20,21)(H,22,23). The van der Waals surface area contributed by atoms with Crippen molar-refractivity contribution in [3.8, 4) is 0 Å². The number of anilines is 1. The number of hydrogen-bond acceptors (Lipinski definition) is 5. The van der Waals surface area contributed by atoms with E-state index in [4.69, 9.17) is 4.74 Å². The molecule has 0 aliphatic carbocycles. The first-order valence-corrected chi connectivity index (χ1v) is 9.88. The highest BCUT2D eigenvalue weighted by molar-refractivity contribution is 7.91. The third-order valence-corrected chi connectivity index (χ3v) is 5.57. The number of ether oxygens (including phenoxy) is 1. The summed E-state index contributed by atoms with van der Waals surface area (Å²) < 4.78 is 28.9. The first-order chi connectivity index (χ1) is 12.7. The van der Waals surface area contributed by atoms with Crippen molar-refractivity contribution in [1.82, 2.24) is 0 Å². The van der Waals surface area contributed by atoms with Crippen LogP contribution in [0.25, 0.3) is 0 Å². The van der Waals surface area contributed by atoms with E-state index in [9.17, 15) is 23.1 Å². The summed E-state index contributed by atoms with van der Waals surface area (Å²) in [6.45, 7) is 1.77. The first kappa shape index (κ1) is 20.6. The summed E-state index contributed by atoms with van der Waals surface area (Å²) in [5.41, 5.74) is 1.54. The molecular formula is C19H21NO6S. The van der Waals surface area contributed by atoms with E-state index in [2.05, 4.69) is 5.32 Å². The Balaban J connectivity index is 2.19. The normalized spacial score (nSPS) is 11.2. The molecule has 0 saturated carbocycles. The van der Waals surface area contributed by atoms with Crippen LogP contribution >= 0.6 is 0 Å². The van der Waals surface area contributed by atoms with Crippen LogP contribution in [0.15, 0.2) is 47.4 Å². The molecule has 0 fully saturated rings. The van der Waals surface area contributed by atoms with Crippen molar-refractivity contribution < 1.29 is 27.9 Å². The molecule has 0 aromatic heterocycles. The van der Waals surface area contributed by atoms with Gasteiger partial charge >= 0.3 is 5.97 Å². The van der Waals surface area contributed by atoms with Gasteiger partial charge in [-0.05, 0) is 41.5 Å². The van der Waals surface area contributed by atoms with Crippen molar-refractivity contribution in [2.24, 2.45) is 0 Å². The fourth-order valence-corrected chi connectivity index (χ4v) is 3.49. The van der Waals surface area contributed by atoms with Gasteiger partial charge in [0.15, 0.2) is 9.84 Å². The Kier molecular flexibility index (Phi) is 6.70. The molecule has 0 radical (unpaired) electrons. The number of amides is 1. The molecule has 0 aliphatic rings. The Bertz CT molecular complexity index is 952. The van der Waals surface area contributed by atoms with Crippen molar-refractivity contribution in [2.45, 2.75) is 24.8 Å². The molecule has 0 atom stereocenters. The molecule has 0 heterocycles. The van der Waals surface area contributed by atoms with E-state index in [-0.39, 0.29) is 35.1 Å². The van der Waals surface area contributed by atoms with Crippen molar-refractivity contribution in [3.63, 3.8) is 0 Å². The lowest BCUT2D eigenvalue weighted by Crippen LogP contribution is -2.15. The number of carbonyl (C=O) groups excluding carboxylic acids is 1. The highest BCUT2D eigenvalue weighted by atomic mass is 32.2. The minimum absolute atomic E-state index is 0.0209. The van der Waals surface area contributed by atoms with Gasteiger partial charge in [0.1, 0.15) is 0 Å². The monoisotopic (exact) mass is 391 g/mol. The Morgan fingerprint density at radius 3 is 2.48 bits per heavy atom. The van der Waals surface area contributed by atoms with Crippen LogP contribution in [0.3, 0.4) is 0 Å². The molecular weight excluding hydrogens is 370 g/mol. The maximum atomic E-state index is 12.3. The van der Waals surface area contributed by atoms with Crippen LogP contribution < -0.4 is 5.32 Å². The van der Waals surface area contributed by atoms with Crippen LogP contribution in [0.2, 0.25) is 0 Å². The number of carboxylic acid groups (broad SMARTS) is 1. The third-order valence-electron chi connectivity index (χ3n) is 3.84. The lowest BCUT2D eigenvalue weighted by atomic mass is 10.1. The molecule has 2 N–H and O–H groups in total. The molecule has 0 aliphatic heterocycles. The highest BCUT2D eigenvalue weighted by Crippen LogP contribution is 2.18. The zero-order chi connectivity index (χ0) is 20.0. The van der Waals surface area contributed by atoms with Gasteiger partial charge in [0, 0.05) is 12.8 Å². The first-order valence-electron chi connectivity index (χ1n) is 8.23. The van der Waals surface area contributed by atoms with E-state index >= 15 is 0 Å². The van der Waals surface area contributed by atoms with Gasteiger partial charge in [-0.3, -0.25) is 4.79 Å².